The van der Waals surface area contributed by atoms with Crippen LogP contribution in [0.15, 0.2) is 0 Å². The summed E-state index contributed by atoms with van der Waals surface area (Å²) in [5.74, 6) is 0. The van der Waals surface area contributed by atoms with Crippen molar-refractivity contribution in [1.29, 1.82) is 0 Å². The normalized spacial score (nSPS) is 30.2. The fraction of sp³-hybridized carbons (Fsp3) is 1.00. The molecular formula is C9H19NO4. The summed E-state index contributed by atoms with van der Waals surface area (Å²) >= 11 is 0. The predicted octanol–water partition coefficient (Wildman–Crippen LogP) is -1.27. The van der Waals surface area contributed by atoms with Gasteiger partial charge >= 0.3 is 0 Å². The van der Waals surface area contributed by atoms with Crippen LogP contribution in [0, 0.1) is 0 Å². The Kier molecular flexibility index (Phi) is 5.36. The van der Waals surface area contributed by atoms with E-state index in [0.717, 1.165) is 13.1 Å². The van der Waals surface area contributed by atoms with Gasteiger partial charge in [0.2, 0.25) is 0 Å². The van der Waals surface area contributed by atoms with Crippen molar-refractivity contribution < 1.29 is 19.7 Å². The molecule has 1 heterocycles. The molecule has 3 unspecified atom stereocenters. The van der Waals surface area contributed by atoms with E-state index in [9.17, 15) is 0 Å². The minimum Gasteiger partial charge on any atom is -0.394 e. The molecule has 0 radical (unpaired) electrons. The Morgan fingerprint density at radius 2 is 2.36 bits per heavy atom. The minimum absolute atomic E-state index is 0.0460. The van der Waals surface area contributed by atoms with E-state index in [1.165, 1.54) is 0 Å². The van der Waals surface area contributed by atoms with Crippen molar-refractivity contribution in [3.05, 3.63) is 0 Å². The molecule has 0 spiro atoms. The lowest BCUT2D eigenvalue weighted by Crippen LogP contribution is -2.45. The molecular weight excluding hydrogens is 186 g/mol. The molecule has 0 saturated carbocycles. The summed E-state index contributed by atoms with van der Waals surface area (Å²) in [6.07, 6.45) is -0.534. The van der Waals surface area contributed by atoms with Crippen molar-refractivity contribution >= 4 is 0 Å². The van der Waals surface area contributed by atoms with Gasteiger partial charge in [-0.1, -0.05) is 0 Å². The van der Waals surface area contributed by atoms with E-state index in [1.807, 2.05) is 6.92 Å². The van der Waals surface area contributed by atoms with Crippen LogP contribution < -0.4 is 5.32 Å². The number of rotatable bonds is 5. The van der Waals surface area contributed by atoms with Crippen molar-refractivity contribution in [2.24, 2.45) is 0 Å². The van der Waals surface area contributed by atoms with Gasteiger partial charge in [-0.2, -0.15) is 0 Å². The molecule has 0 bridgehead atoms. The van der Waals surface area contributed by atoms with Gasteiger partial charge in [0.1, 0.15) is 6.10 Å². The van der Waals surface area contributed by atoms with Gasteiger partial charge in [0, 0.05) is 13.1 Å². The van der Waals surface area contributed by atoms with Crippen LogP contribution in [-0.4, -0.2) is 61.4 Å². The molecule has 0 aromatic carbocycles. The van der Waals surface area contributed by atoms with Gasteiger partial charge in [-0.15, -0.1) is 0 Å². The molecule has 5 heteroatoms. The molecule has 0 aromatic heterocycles. The molecule has 0 aromatic rings. The van der Waals surface area contributed by atoms with E-state index in [4.69, 9.17) is 19.7 Å². The lowest BCUT2D eigenvalue weighted by atomic mass is 10.2. The number of aliphatic hydroxyl groups is 2. The van der Waals surface area contributed by atoms with E-state index < -0.39 is 6.10 Å². The maximum Gasteiger partial charge on any atom is 0.100 e. The Hall–Kier alpha value is -0.200. The highest BCUT2D eigenvalue weighted by atomic mass is 16.5. The Balaban J connectivity index is 2.05. The van der Waals surface area contributed by atoms with Crippen LogP contribution in [0.25, 0.3) is 0 Å². The van der Waals surface area contributed by atoms with Crippen LogP contribution in [0.1, 0.15) is 6.92 Å². The van der Waals surface area contributed by atoms with Crippen molar-refractivity contribution in [2.75, 3.05) is 32.9 Å². The van der Waals surface area contributed by atoms with Crippen LogP contribution in [0.2, 0.25) is 0 Å². The molecule has 3 N–H and O–H groups in total. The number of aliphatic hydroxyl groups excluding tert-OH is 2. The molecule has 0 aliphatic carbocycles. The van der Waals surface area contributed by atoms with Crippen molar-refractivity contribution in [3.63, 3.8) is 0 Å². The third-order valence-electron chi connectivity index (χ3n) is 2.05. The zero-order valence-corrected chi connectivity index (χ0v) is 8.48. The first-order valence-corrected chi connectivity index (χ1v) is 4.95. The molecule has 1 aliphatic rings. The second kappa shape index (κ2) is 6.31. The summed E-state index contributed by atoms with van der Waals surface area (Å²) in [4.78, 5) is 0. The highest BCUT2D eigenvalue weighted by molar-refractivity contribution is 4.71. The monoisotopic (exact) mass is 205 g/mol. The zero-order chi connectivity index (χ0) is 10.4. The predicted molar refractivity (Wildman–Crippen MR) is 51.1 cm³/mol. The average molecular weight is 205 g/mol. The van der Waals surface area contributed by atoms with Gasteiger partial charge < -0.3 is 25.0 Å². The number of nitrogens with one attached hydrogen (secondary N) is 1. The molecule has 0 amide bonds. The van der Waals surface area contributed by atoms with Crippen molar-refractivity contribution in [3.8, 4) is 0 Å². The molecule has 84 valence electrons. The second-order valence-corrected chi connectivity index (χ2v) is 3.60. The Labute approximate surface area is 84.0 Å². The first kappa shape index (κ1) is 11.9. The minimum atomic E-state index is -0.788. The van der Waals surface area contributed by atoms with E-state index >= 15 is 0 Å². The summed E-state index contributed by atoms with van der Waals surface area (Å²) in [7, 11) is 0. The first-order chi connectivity index (χ1) is 6.72. The molecule has 1 fully saturated rings. The fourth-order valence-electron chi connectivity index (χ4n) is 1.36. The Morgan fingerprint density at radius 1 is 1.57 bits per heavy atom. The molecule has 3 atom stereocenters. The van der Waals surface area contributed by atoms with Gasteiger partial charge in [0.05, 0.1) is 32.0 Å². The van der Waals surface area contributed by atoms with Crippen LogP contribution in [0.3, 0.4) is 0 Å². The topological polar surface area (TPSA) is 71.0 Å². The molecule has 1 rings (SSSR count). The second-order valence-electron chi connectivity index (χ2n) is 3.60. The van der Waals surface area contributed by atoms with Crippen LogP contribution in [0.5, 0.6) is 0 Å². The summed E-state index contributed by atoms with van der Waals surface area (Å²) in [5.41, 5.74) is 0. The summed E-state index contributed by atoms with van der Waals surface area (Å²) < 4.78 is 10.8. The highest BCUT2D eigenvalue weighted by Crippen LogP contribution is 2.03. The van der Waals surface area contributed by atoms with Gasteiger partial charge in [0.25, 0.3) is 0 Å². The SMILES string of the molecule is CC1CNCC(COCC(O)CO)O1. The number of ether oxygens (including phenoxy) is 2. The smallest absolute Gasteiger partial charge is 0.100 e. The summed E-state index contributed by atoms with van der Waals surface area (Å²) in [6.45, 7) is 4.00. The fourth-order valence-corrected chi connectivity index (χ4v) is 1.36. The third-order valence-corrected chi connectivity index (χ3v) is 2.05. The molecule has 14 heavy (non-hydrogen) atoms. The molecule has 1 saturated heterocycles. The lowest BCUT2D eigenvalue weighted by molar-refractivity contribution is -0.0829. The van der Waals surface area contributed by atoms with E-state index in [1.54, 1.807) is 0 Å². The third kappa shape index (κ3) is 4.34. The number of hydrogen-bond donors (Lipinski definition) is 3. The zero-order valence-electron chi connectivity index (χ0n) is 8.48. The van der Waals surface area contributed by atoms with Crippen LogP contribution in [0.4, 0.5) is 0 Å². The summed E-state index contributed by atoms with van der Waals surface area (Å²) in [6, 6.07) is 0. The standard InChI is InChI=1S/C9H19NO4/c1-7-2-10-3-9(14-7)6-13-5-8(12)4-11/h7-12H,2-6H2,1H3. The van der Waals surface area contributed by atoms with E-state index in [2.05, 4.69) is 5.32 Å². The quantitative estimate of drug-likeness (QED) is 0.522. The molecule has 1 aliphatic heterocycles. The van der Waals surface area contributed by atoms with Gasteiger partial charge in [0.15, 0.2) is 0 Å². The van der Waals surface area contributed by atoms with Gasteiger partial charge in [-0.3, -0.25) is 0 Å². The lowest BCUT2D eigenvalue weighted by Gasteiger charge is -2.28. The number of hydrogen-bond acceptors (Lipinski definition) is 5. The van der Waals surface area contributed by atoms with Crippen LogP contribution >= 0.6 is 0 Å². The van der Waals surface area contributed by atoms with E-state index in [-0.39, 0.29) is 25.4 Å². The summed E-state index contributed by atoms with van der Waals surface area (Å²) in [5, 5.41) is 20.8. The largest absolute Gasteiger partial charge is 0.394 e. The Morgan fingerprint density at radius 3 is 3.00 bits per heavy atom. The average Bonchev–Trinajstić information content (AvgIpc) is 2.17. The highest BCUT2D eigenvalue weighted by Gasteiger charge is 2.18. The Bertz CT molecular complexity index is 156. The van der Waals surface area contributed by atoms with Gasteiger partial charge in [-0.25, -0.2) is 0 Å². The molecule has 5 nitrogen and oxygen atoms in total. The van der Waals surface area contributed by atoms with E-state index in [0.29, 0.717) is 6.61 Å². The first-order valence-electron chi connectivity index (χ1n) is 4.95. The van der Waals surface area contributed by atoms with Crippen LogP contribution in [-0.2, 0) is 9.47 Å². The maximum atomic E-state index is 9.01. The maximum absolute atomic E-state index is 9.01. The number of morpholine rings is 1. The van der Waals surface area contributed by atoms with Crippen molar-refractivity contribution in [2.45, 2.75) is 25.2 Å². The van der Waals surface area contributed by atoms with Crippen molar-refractivity contribution in [1.82, 2.24) is 5.32 Å². The van der Waals surface area contributed by atoms with Gasteiger partial charge in [-0.05, 0) is 6.92 Å².